The second kappa shape index (κ2) is 5.20. The van der Waals surface area contributed by atoms with E-state index in [9.17, 15) is 9.90 Å². The van der Waals surface area contributed by atoms with Crippen molar-refractivity contribution in [3.63, 3.8) is 0 Å². The molecule has 6 heteroatoms. The van der Waals surface area contributed by atoms with Gasteiger partial charge in [0.25, 0.3) is 0 Å². The number of piperidine rings is 1. The van der Waals surface area contributed by atoms with Gasteiger partial charge in [-0.15, -0.1) is 10.2 Å². The van der Waals surface area contributed by atoms with E-state index >= 15 is 0 Å². The number of nitrogens with zero attached hydrogens (tertiary/aromatic N) is 4. The van der Waals surface area contributed by atoms with Gasteiger partial charge < -0.3 is 5.11 Å². The SMILES string of the molecule is CCN1CCCCC1c1nnc2cccc(C(=O)O)n12. The molecule has 6 nitrogen and oxygen atoms in total. The first-order valence-corrected chi connectivity index (χ1v) is 7.03. The molecule has 0 aliphatic carbocycles. The van der Waals surface area contributed by atoms with Crippen molar-refractivity contribution >= 4 is 11.6 Å². The number of carboxylic acid groups (broad SMARTS) is 1. The lowest BCUT2D eigenvalue weighted by Gasteiger charge is -2.33. The summed E-state index contributed by atoms with van der Waals surface area (Å²) >= 11 is 0. The van der Waals surface area contributed by atoms with Gasteiger partial charge >= 0.3 is 5.97 Å². The monoisotopic (exact) mass is 274 g/mol. The molecular formula is C14H18N4O2. The number of hydrogen-bond acceptors (Lipinski definition) is 4. The number of carbonyl (C=O) groups is 1. The van der Waals surface area contributed by atoms with Crippen LogP contribution in [0.2, 0.25) is 0 Å². The van der Waals surface area contributed by atoms with Gasteiger partial charge in [0.15, 0.2) is 11.5 Å². The Morgan fingerprint density at radius 3 is 3.00 bits per heavy atom. The highest BCUT2D eigenvalue weighted by molar-refractivity contribution is 5.86. The van der Waals surface area contributed by atoms with Crippen LogP contribution in [0.25, 0.3) is 5.65 Å². The molecule has 1 atom stereocenters. The van der Waals surface area contributed by atoms with Gasteiger partial charge in [0.05, 0.1) is 6.04 Å². The first-order chi connectivity index (χ1) is 9.72. The molecule has 106 valence electrons. The Morgan fingerprint density at radius 1 is 1.40 bits per heavy atom. The van der Waals surface area contributed by atoms with Crippen LogP contribution in [0.1, 0.15) is 48.5 Å². The summed E-state index contributed by atoms with van der Waals surface area (Å²) in [4.78, 5) is 13.8. The lowest BCUT2D eigenvalue weighted by Crippen LogP contribution is -2.34. The van der Waals surface area contributed by atoms with Crippen molar-refractivity contribution in [3.8, 4) is 0 Å². The van der Waals surface area contributed by atoms with Gasteiger partial charge in [-0.3, -0.25) is 9.30 Å². The molecule has 1 unspecified atom stereocenters. The molecule has 0 spiro atoms. The summed E-state index contributed by atoms with van der Waals surface area (Å²) in [5.41, 5.74) is 0.825. The standard InChI is InChI=1S/C14H18N4O2/c1-2-17-9-4-3-6-10(17)13-16-15-12-8-5-7-11(14(19)20)18(12)13/h5,7-8,10H,2-4,6,9H2,1H3,(H,19,20). The number of hydrogen-bond donors (Lipinski definition) is 1. The summed E-state index contributed by atoms with van der Waals surface area (Å²) in [7, 11) is 0. The van der Waals surface area contributed by atoms with Crippen LogP contribution < -0.4 is 0 Å². The minimum atomic E-state index is -0.949. The van der Waals surface area contributed by atoms with Crippen LogP contribution in [-0.4, -0.2) is 43.7 Å². The quantitative estimate of drug-likeness (QED) is 0.926. The Labute approximate surface area is 117 Å². The third kappa shape index (κ3) is 2.06. The highest BCUT2D eigenvalue weighted by Crippen LogP contribution is 2.30. The fourth-order valence-electron chi connectivity index (χ4n) is 3.01. The highest BCUT2D eigenvalue weighted by Gasteiger charge is 2.28. The number of aromatic nitrogens is 3. The Kier molecular flexibility index (Phi) is 3.40. The van der Waals surface area contributed by atoms with Crippen molar-refractivity contribution in [2.75, 3.05) is 13.1 Å². The third-order valence-corrected chi connectivity index (χ3v) is 3.99. The molecule has 1 fully saturated rings. The molecule has 0 amide bonds. The van der Waals surface area contributed by atoms with E-state index in [2.05, 4.69) is 22.0 Å². The van der Waals surface area contributed by atoms with Crippen molar-refractivity contribution in [2.45, 2.75) is 32.2 Å². The number of aromatic carboxylic acids is 1. The van der Waals surface area contributed by atoms with Gasteiger partial charge in [-0.1, -0.05) is 19.4 Å². The lowest BCUT2D eigenvalue weighted by atomic mass is 10.0. The van der Waals surface area contributed by atoms with Gasteiger partial charge in [0, 0.05) is 0 Å². The molecule has 1 aliphatic heterocycles. The molecule has 3 rings (SSSR count). The van der Waals surface area contributed by atoms with Crippen LogP contribution in [0, 0.1) is 0 Å². The fraction of sp³-hybridized carbons (Fsp3) is 0.500. The molecule has 3 heterocycles. The molecule has 20 heavy (non-hydrogen) atoms. The van der Waals surface area contributed by atoms with E-state index in [1.807, 2.05) is 0 Å². The topological polar surface area (TPSA) is 70.7 Å². The summed E-state index contributed by atoms with van der Waals surface area (Å²) in [5, 5.41) is 17.8. The normalized spacial score (nSPS) is 20.4. The lowest BCUT2D eigenvalue weighted by molar-refractivity contribution is 0.0687. The summed E-state index contributed by atoms with van der Waals surface area (Å²) in [5.74, 6) is -0.199. The van der Waals surface area contributed by atoms with Crippen LogP contribution in [0.5, 0.6) is 0 Å². The number of rotatable bonds is 3. The van der Waals surface area contributed by atoms with E-state index in [0.717, 1.165) is 31.8 Å². The van der Waals surface area contributed by atoms with E-state index in [4.69, 9.17) is 0 Å². The number of carboxylic acids is 1. The van der Waals surface area contributed by atoms with Crippen LogP contribution in [-0.2, 0) is 0 Å². The first-order valence-electron chi connectivity index (χ1n) is 7.03. The zero-order valence-corrected chi connectivity index (χ0v) is 11.5. The summed E-state index contributed by atoms with van der Waals surface area (Å²) in [6.07, 6.45) is 3.33. The average Bonchev–Trinajstić information content (AvgIpc) is 2.90. The second-order valence-corrected chi connectivity index (χ2v) is 5.11. The van der Waals surface area contributed by atoms with E-state index in [-0.39, 0.29) is 11.7 Å². The predicted octanol–water partition coefficient (Wildman–Crippen LogP) is 1.97. The average molecular weight is 274 g/mol. The van der Waals surface area contributed by atoms with Crippen molar-refractivity contribution in [1.82, 2.24) is 19.5 Å². The molecule has 0 radical (unpaired) electrons. The van der Waals surface area contributed by atoms with Gasteiger partial charge in [-0.2, -0.15) is 0 Å². The molecule has 0 bridgehead atoms. The number of likely N-dealkylation sites (tertiary alicyclic amines) is 1. The Balaban J connectivity index is 2.13. The summed E-state index contributed by atoms with van der Waals surface area (Å²) in [6, 6.07) is 5.25. The smallest absolute Gasteiger partial charge is 0.352 e. The number of fused-ring (bicyclic) bond motifs is 1. The second-order valence-electron chi connectivity index (χ2n) is 5.11. The van der Waals surface area contributed by atoms with E-state index in [1.165, 1.54) is 6.42 Å². The van der Waals surface area contributed by atoms with Gasteiger partial charge in [-0.25, -0.2) is 4.79 Å². The molecule has 2 aromatic rings. The van der Waals surface area contributed by atoms with Gasteiger partial charge in [0.1, 0.15) is 5.69 Å². The van der Waals surface area contributed by atoms with Crippen LogP contribution >= 0.6 is 0 Å². The Hall–Kier alpha value is -1.95. The van der Waals surface area contributed by atoms with E-state index in [0.29, 0.717) is 5.65 Å². The molecule has 2 aromatic heterocycles. The van der Waals surface area contributed by atoms with Crippen LogP contribution in [0.3, 0.4) is 0 Å². The van der Waals surface area contributed by atoms with Crippen molar-refractivity contribution < 1.29 is 9.90 Å². The zero-order valence-electron chi connectivity index (χ0n) is 11.5. The maximum absolute atomic E-state index is 11.4. The van der Waals surface area contributed by atoms with Crippen LogP contribution in [0.4, 0.5) is 0 Å². The van der Waals surface area contributed by atoms with E-state index < -0.39 is 5.97 Å². The maximum Gasteiger partial charge on any atom is 0.352 e. The minimum Gasteiger partial charge on any atom is -0.477 e. The predicted molar refractivity (Wildman–Crippen MR) is 73.8 cm³/mol. The minimum absolute atomic E-state index is 0.157. The Bertz CT molecular complexity index is 637. The largest absolute Gasteiger partial charge is 0.477 e. The Morgan fingerprint density at radius 2 is 2.25 bits per heavy atom. The molecule has 0 saturated carbocycles. The number of pyridine rings is 1. The third-order valence-electron chi connectivity index (χ3n) is 3.99. The molecule has 1 N–H and O–H groups in total. The summed E-state index contributed by atoms with van der Waals surface area (Å²) < 4.78 is 1.68. The molecule has 0 aromatic carbocycles. The zero-order chi connectivity index (χ0) is 14.1. The van der Waals surface area contributed by atoms with Crippen molar-refractivity contribution in [3.05, 3.63) is 29.7 Å². The summed E-state index contributed by atoms with van der Waals surface area (Å²) in [6.45, 7) is 4.10. The molecular weight excluding hydrogens is 256 g/mol. The van der Waals surface area contributed by atoms with Crippen LogP contribution in [0.15, 0.2) is 18.2 Å². The molecule has 1 saturated heterocycles. The first kappa shape index (κ1) is 13.1. The fourth-order valence-corrected chi connectivity index (χ4v) is 3.01. The maximum atomic E-state index is 11.4. The van der Waals surface area contributed by atoms with Gasteiger partial charge in [-0.05, 0) is 38.1 Å². The van der Waals surface area contributed by atoms with Crippen molar-refractivity contribution in [1.29, 1.82) is 0 Å². The van der Waals surface area contributed by atoms with E-state index in [1.54, 1.807) is 22.6 Å². The van der Waals surface area contributed by atoms with Crippen molar-refractivity contribution in [2.24, 2.45) is 0 Å². The van der Waals surface area contributed by atoms with Gasteiger partial charge in [0.2, 0.25) is 0 Å². The molecule has 1 aliphatic rings. The highest BCUT2D eigenvalue weighted by atomic mass is 16.4.